The van der Waals surface area contributed by atoms with Crippen molar-refractivity contribution in [3.8, 4) is 5.75 Å². The minimum absolute atomic E-state index is 0.116. The summed E-state index contributed by atoms with van der Waals surface area (Å²) in [7, 11) is 0. The molecule has 1 aliphatic heterocycles. The molecule has 1 aromatic carbocycles. The number of benzene rings is 1. The summed E-state index contributed by atoms with van der Waals surface area (Å²) in [6.45, 7) is 6.53. The van der Waals surface area contributed by atoms with Crippen molar-refractivity contribution in [3.05, 3.63) is 41.7 Å². The molecule has 2 heterocycles. The maximum atomic E-state index is 13.2. The van der Waals surface area contributed by atoms with Gasteiger partial charge in [-0.1, -0.05) is 6.07 Å². The topological polar surface area (TPSA) is 69.4 Å². The zero-order chi connectivity index (χ0) is 18.1. The van der Waals surface area contributed by atoms with Gasteiger partial charge < -0.3 is 14.6 Å². The van der Waals surface area contributed by atoms with Gasteiger partial charge in [-0.3, -0.25) is 0 Å². The minimum Gasteiger partial charge on any atom is -0.485 e. The lowest BCUT2D eigenvalue weighted by Crippen LogP contribution is -2.32. The van der Waals surface area contributed by atoms with Crippen molar-refractivity contribution in [1.82, 2.24) is 14.8 Å². The van der Waals surface area contributed by atoms with Crippen LogP contribution in [-0.2, 0) is 23.5 Å². The maximum absolute atomic E-state index is 13.2. The van der Waals surface area contributed by atoms with Gasteiger partial charge in [-0.05, 0) is 45.7 Å². The quantitative estimate of drug-likeness (QED) is 0.868. The third-order valence-corrected chi connectivity index (χ3v) is 4.11. The van der Waals surface area contributed by atoms with Gasteiger partial charge in [0.25, 0.3) is 0 Å². The Balaban J connectivity index is 1.82. The molecule has 1 aromatic heterocycles. The number of aliphatic hydroxyl groups is 1. The number of ether oxygens (including phenoxy) is 2. The zero-order valence-electron chi connectivity index (χ0n) is 14.8. The standard InChI is InChI=1S/C18H24FN3O3/c1-17(2,23)12-22-16(18(3)8-5-9-25-18)20-15(21-22)11-24-14-7-4-6-13(19)10-14/h4,6-7,10,23H,5,8-9,11-12H2,1-3H3. The van der Waals surface area contributed by atoms with Crippen LogP contribution in [0.2, 0.25) is 0 Å². The van der Waals surface area contributed by atoms with Gasteiger partial charge in [0.15, 0.2) is 11.6 Å². The third kappa shape index (κ3) is 4.35. The average Bonchev–Trinajstić information content (AvgIpc) is 3.11. The molecule has 1 unspecified atom stereocenters. The zero-order valence-corrected chi connectivity index (χ0v) is 14.8. The second-order valence-electron chi connectivity index (χ2n) is 7.25. The van der Waals surface area contributed by atoms with Gasteiger partial charge in [0.05, 0.1) is 12.1 Å². The van der Waals surface area contributed by atoms with Crippen LogP contribution in [0.4, 0.5) is 4.39 Å². The lowest BCUT2D eigenvalue weighted by atomic mass is 10.0. The van der Waals surface area contributed by atoms with E-state index >= 15 is 0 Å². The molecule has 7 heteroatoms. The molecular formula is C18H24FN3O3. The van der Waals surface area contributed by atoms with Crippen molar-refractivity contribution >= 4 is 0 Å². The molecule has 0 bridgehead atoms. The Bertz CT molecular complexity index is 733. The Morgan fingerprint density at radius 1 is 1.44 bits per heavy atom. The summed E-state index contributed by atoms with van der Waals surface area (Å²) in [5, 5.41) is 14.6. The second-order valence-corrected chi connectivity index (χ2v) is 7.25. The summed E-state index contributed by atoms with van der Waals surface area (Å²) >= 11 is 0. The number of hydrogen-bond acceptors (Lipinski definition) is 5. The predicted octanol–water partition coefficient (Wildman–Crippen LogP) is 2.79. The summed E-state index contributed by atoms with van der Waals surface area (Å²) < 4.78 is 26.4. The van der Waals surface area contributed by atoms with Crippen LogP contribution in [0, 0.1) is 5.82 Å². The molecule has 0 radical (unpaired) electrons. The van der Waals surface area contributed by atoms with Crippen LogP contribution in [0.5, 0.6) is 5.75 Å². The normalized spacial score (nSPS) is 20.8. The molecular weight excluding hydrogens is 325 g/mol. The van der Waals surface area contributed by atoms with Gasteiger partial charge in [0.2, 0.25) is 0 Å². The number of aromatic nitrogens is 3. The van der Waals surface area contributed by atoms with Crippen molar-refractivity contribution in [3.63, 3.8) is 0 Å². The first kappa shape index (κ1) is 17.8. The highest BCUT2D eigenvalue weighted by Gasteiger charge is 2.38. The van der Waals surface area contributed by atoms with E-state index in [2.05, 4.69) is 10.1 Å². The SMILES string of the molecule is CC(C)(O)Cn1nc(COc2cccc(F)c2)nc1C1(C)CCCO1. The molecule has 0 spiro atoms. The van der Waals surface area contributed by atoms with E-state index in [0.29, 0.717) is 30.5 Å². The Labute approximate surface area is 146 Å². The van der Waals surface area contributed by atoms with E-state index < -0.39 is 11.2 Å². The van der Waals surface area contributed by atoms with Crippen LogP contribution in [-0.4, -0.2) is 32.1 Å². The first-order valence-corrected chi connectivity index (χ1v) is 8.44. The summed E-state index contributed by atoms with van der Waals surface area (Å²) in [6.07, 6.45) is 1.81. The van der Waals surface area contributed by atoms with Crippen LogP contribution < -0.4 is 4.74 Å². The van der Waals surface area contributed by atoms with Crippen LogP contribution in [0.1, 0.15) is 45.3 Å². The lowest BCUT2D eigenvalue weighted by molar-refractivity contribution is -0.00112. The van der Waals surface area contributed by atoms with Gasteiger partial charge in [-0.15, -0.1) is 0 Å². The highest BCUT2D eigenvalue weighted by molar-refractivity contribution is 5.22. The molecule has 0 saturated carbocycles. The predicted molar refractivity (Wildman–Crippen MR) is 89.6 cm³/mol. The van der Waals surface area contributed by atoms with Gasteiger partial charge in [0.1, 0.15) is 23.8 Å². The maximum Gasteiger partial charge on any atom is 0.188 e. The van der Waals surface area contributed by atoms with Crippen molar-refractivity contribution in [2.45, 2.75) is 58.0 Å². The van der Waals surface area contributed by atoms with Crippen LogP contribution >= 0.6 is 0 Å². The summed E-state index contributed by atoms with van der Waals surface area (Å²) in [5.41, 5.74) is -1.45. The molecule has 1 aliphatic rings. The van der Waals surface area contributed by atoms with E-state index in [1.54, 1.807) is 30.7 Å². The van der Waals surface area contributed by atoms with E-state index in [9.17, 15) is 9.50 Å². The fraction of sp³-hybridized carbons (Fsp3) is 0.556. The van der Waals surface area contributed by atoms with E-state index in [1.165, 1.54) is 12.1 Å². The molecule has 25 heavy (non-hydrogen) atoms. The van der Waals surface area contributed by atoms with Gasteiger partial charge >= 0.3 is 0 Å². The highest BCUT2D eigenvalue weighted by atomic mass is 19.1. The molecule has 2 aromatic rings. The Hall–Kier alpha value is -1.99. The molecule has 1 fully saturated rings. The molecule has 3 rings (SSSR count). The molecule has 1 atom stereocenters. The molecule has 136 valence electrons. The molecule has 1 saturated heterocycles. The summed E-state index contributed by atoms with van der Waals surface area (Å²) in [6, 6.07) is 5.94. The summed E-state index contributed by atoms with van der Waals surface area (Å²) in [4.78, 5) is 4.58. The van der Waals surface area contributed by atoms with Gasteiger partial charge in [0, 0.05) is 12.7 Å². The van der Waals surface area contributed by atoms with Crippen LogP contribution in [0.15, 0.2) is 24.3 Å². The molecule has 6 nitrogen and oxygen atoms in total. The fourth-order valence-corrected chi connectivity index (χ4v) is 2.98. The molecule has 1 N–H and O–H groups in total. The number of rotatable bonds is 6. The first-order chi connectivity index (χ1) is 11.8. The largest absolute Gasteiger partial charge is 0.485 e. The van der Waals surface area contributed by atoms with E-state index in [-0.39, 0.29) is 12.4 Å². The molecule has 0 aliphatic carbocycles. The van der Waals surface area contributed by atoms with Crippen molar-refractivity contribution < 1.29 is 19.0 Å². The van der Waals surface area contributed by atoms with Gasteiger partial charge in [-0.2, -0.15) is 5.10 Å². The summed E-state index contributed by atoms with van der Waals surface area (Å²) in [5.74, 6) is 1.22. The van der Waals surface area contributed by atoms with Crippen LogP contribution in [0.25, 0.3) is 0 Å². The Morgan fingerprint density at radius 3 is 2.88 bits per heavy atom. The smallest absolute Gasteiger partial charge is 0.188 e. The monoisotopic (exact) mass is 349 g/mol. The van der Waals surface area contributed by atoms with E-state index in [4.69, 9.17) is 9.47 Å². The number of hydrogen-bond donors (Lipinski definition) is 1. The number of halogens is 1. The molecule has 0 amide bonds. The minimum atomic E-state index is -0.932. The first-order valence-electron chi connectivity index (χ1n) is 8.44. The highest BCUT2D eigenvalue weighted by Crippen LogP contribution is 2.35. The van der Waals surface area contributed by atoms with Gasteiger partial charge in [-0.25, -0.2) is 14.1 Å². The van der Waals surface area contributed by atoms with Crippen molar-refractivity contribution in [1.29, 1.82) is 0 Å². The average molecular weight is 349 g/mol. The van der Waals surface area contributed by atoms with E-state index in [1.807, 2.05) is 6.92 Å². The third-order valence-electron chi connectivity index (χ3n) is 4.11. The van der Waals surface area contributed by atoms with Crippen molar-refractivity contribution in [2.75, 3.05) is 6.61 Å². The van der Waals surface area contributed by atoms with Crippen molar-refractivity contribution in [2.24, 2.45) is 0 Å². The fourth-order valence-electron chi connectivity index (χ4n) is 2.98. The van der Waals surface area contributed by atoms with E-state index in [0.717, 1.165) is 12.8 Å². The Morgan fingerprint density at radius 2 is 2.24 bits per heavy atom. The Kier molecular flexibility index (Phi) is 4.79. The number of nitrogens with zero attached hydrogens (tertiary/aromatic N) is 3. The second kappa shape index (κ2) is 6.72. The van der Waals surface area contributed by atoms with Crippen LogP contribution in [0.3, 0.4) is 0 Å². The lowest BCUT2D eigenvalue weighted by Gasteiger charge is -2.25.